The SMILES string of the molecule is CCOC(=O)c1c(C)[nH]c(C(=O)C(=O)NC2CCCCC2)c1-c1ccccc1. The van der Waals surface area contributed by atoms with E-state index in [1.54, 1.807) is 26.0 Å². The molecule has 1 heterocycles. The van der Waals surface area contributed by atoms with E-state index in [0.29, 0.717) is 22.4 Å². The highest BCUT2D eigenvalue weighted by Crippen LogP contribution is 2.31. The van der Waals surface area contributed by atoms with Crippen LogP contribution in [0.5, 0.6) is 0 Å². The molecular weight excluding hydrogens is 356 g/mol. The Morgan fingerprint density at radius 1 is 1.11 bits per heavy atom. The van der Waals surface area contributed by atoms with Crippen molar-refractivity contribution in [2.24, 2.45) is 0 Å². The molecule has 0 spiro atoms. The second-order valence-corrected chi connectivity index (χ2v) is 7.10. The topological polar surface area (TPSA) is 88.3 Å². The minimum Gasteiger partial charge on any atom is -0.462 e. The summed E-state index contributed by atoms with van der Waals surface area (Å²) in [5.41, 5.74) is 2.03. The monoisotopic (exact) mass is 382 g/mol. The Balaban J connectivity index is 1.97. The maximum absolute atomic E-state index is 13.0. The van der Waals surface area contributed by atoms with Crippen LogP contribution in [0.2, 0.25) is 0 Å². The molecule has 1 aliphatic rings. The summed E-state index contributed by atoms with van der Waals surface area (Å²) in [6, 6.07) is 9.14. The molecule has 148 valence electrons. The van der Waals surface area contributed by atoms with E-state index >= 15 is 0 Å². The minimum atomic E-state index is -0.664. The Morgan fingerprint density at radius 2 is 1.79 bits per heavy atom. The van der Waals surface area contributed by atoms with Gasteiger partial charge in [-0.1, -0.05) is 49.6 Å². The lowest BCUT2D eigenvalue weighted by molar-refractivity contribution is -0.117. The number of carbonyl (C=O) groups excluding carboxylic acids is 3. The maximum atomic E-state index is 13.0. The van der Waals surface area contributed by atoms with E-state index in [0.717, 1.165) is 32.1 Å². The summed E-state index contributed by atoms with van der Waals surface area (Å²) in [5, 5.41) is 2.85. The van der Waals surface area contributed by atoms with E-state index in [-0.39, 0.29) is 18.3 Å². The maximum Gasteiger partial charge on any atom is 0.340 e. The first-order valence-corrected chi connectivity index (χ1v) is 9.83. The van der Waals surface area contributed by atoms with E-state index < -0.39 is 17.7 Å². The molecular formula is C22H26N2O4. The molecule has 2 N–H and O–H groups in total. The molecule has 1 fully saturated rings. The van der Waals surface area contributed by atoms with Gasteiger partial charge in [-0.2, -0.15) is 0 Å². The van der Waals surface area contributed by atoms with Crippen LogP contribution in [0, 0.1) is 6.92 Å². The van der Waals surface area contributed by atoms with E-state index in [9.17, 15) is 14.4 Å². The molecule has 0 aliphatic heterocycles. The van der Waals surface area contributed by atoms with Crippen molar-refractivity contribution in [2.45, 2.75) is 52.0 Å². The number of aromatic amines is 1. The van der Waals surface area contributed by atoms with Crippen LogP contribution in [0.1, 0.15) is 65.6 Å². The van der Waals surface area contributed by atoms with Gasteiger partial charge in [0, 0.05) is 17.3 Å². The summed E-state index contributed by atoms with van der Waals surface area (Å²) >= 11 is 0. The van der Waals surface area contributed by atoms with Gasteiger partial charge in [0.15, 0.2) is 0 Å². The second-order valence-electron chi connectivity index (χ2n) is 7.10. The van der Waals surface area contributed by atoms with Crippen LogP contribution >= 0.6 is 0 Å². The Bertz CT molecular complexity index is 864. The Morgan fingerprint density at radius 3 is 2.43 bits per heavy atom. The van der Waals surface area contributed by atoms with Gasteiger partial charge in [-0.05, 0) is 32.3 Å². The molecule has 6 nitrogen and oxygen atoms in total. The standard InChI is InChI=1S/C22H26N2O4/c1-3-28-22(27)17-14(2)23-19(18(17)15-10-6-4-7-11-15)20(25)21(26)24-16-12-8-5-9-13-16/h4,6-7,10-11,16,23H,3,5,8-9,12-13H2,1-2H3,(H,24,26). The number of aryl methyl sites for hydroxylation is 1. The zero-order valence-corrected chi connectivity index (χ0v) is 16.3. The third-order valence-corrected chi connectivity index (χ3v) is 5.10. The van der Waals surface area contributed by atoms with E-state index in [2.05, 4.69) is 10.3 Å². The molecule has 1 amide bonds. The smallest absolute Gasteiger partial charge is 0.340 e. The Hall–Kier alpha value is -2.89. The fourth-order valence-corrected chi connectivity index (χ4v) is 3.76. The fraction of sp³-hybridized carbons (Fsp3) is 0.409. The molecule has 0 radical (unpaired) electrons. The summed E-state index contributed by atoms with van der Waals surface area (Å²) in [4.78, 5) is 41.1. The van der Waals surface area contributed by atoms with E-state index in [4.69, 9.17) is 4.74 Å². The van der Waals surface area contributed by atoms with Crippen molar-refractivity contribution in [3.05, 3.63) is 47.3 Å². The number of Topliss-reactive ketones (excluding diaryl/α,β-unsaturated/α-hetero) is 1. The number of hydrogen-bond acceptors (Lipinski definition) is 4. The van der Waals surface area contributed by atoms with Gasteiger partial charge in [0.2, 0.25) is 0 Å². The zero-order valence-electron chi connectivity index (χ0n) is 16.3. The highest BCUT2D eigenvalue weighted by molar-refractivity contribution is 6.44. The number of carbonyl (C=O) groups is 3. The normalized spacial score (nSPS) is 14.5. The molecule has 0 saturated heterocycles. The minimum absolute atomic E-state index is 0.0333. The summed E-state index contributed by atoms with van der Waals surface area (Å²) in [7, 11) is 0. The largest absolute Gasteiger partial charge is 0.462 e. The van der Waals surface area contributed by atoms with Gasteiger partial charge in [-0.3, -0.25) is 9.59 Å². The zero-order chi connectivity index (χ0) is 20.1. The quantitative estimate of drug-likeness (QED) is 0.452. The number of ketones is 1. The van der Waals surface area contributed by atoms with Crippen molar-refractivity contribution < 1.29 is 19.1 Å². The summed E-state index contributed by atoms with van der Waals surface area (Å²) in [6.07, 6.45) is 5.06. The number of benzene rings is 1. The highest BCUT2D eigenvalue weighted by Gasteiger charge is 2.30. The van der Waals surface area contributed by atoms with Crippen LogP contribution in [-0.4, -0.2) is 35.3 Å². The van der Waals surface area contributed by atoms with Crippen LogP contribution in [0.4, 0.5) is 0 Å². The first-order valence-electron chi connectivity index (χ1n) is 9.83. The molecule has 2 aromatic rings. The molecule has 28 heavy (non-hydrogen) atoms. The van der Waals surface area contributed by atoms with Crippen LogP contribution in [0.15, 0.2) is 30.3 Å². The van der Waals surface area contributed by atoms with Crippen molar-refractivity contribution in [1.29, 1.82) is 0 Å². The number of H-pyrrole nitrogens is 1. The van der Waals surface area contributed by atoms with Crippen molar-refractivity contribution >= 4 is 17.7 Å². The number of ether oxygens (including phenoxy) is 1. The highest BCUT2D eigenvalue weighted by atomic mass is 16.5. The lowest BCUT2D eigenvalue weighted by Crippen LogP contribution is -2.40. The van der Waals surface area contributed by atoms with Crippen molar-refractivity contribution in [3.8, 4) is 11.1 Å². The molecule has 0 atom stereocenters. The number of aromatic nitrogens is 1. The number of hydrogen-bond donors (Lipinski definition) is 2. The van der Waals surface area contributed by atoms with Gasteiger partial charge in [0.25, 0.3) is 11.7 Å². The van der Waals surface area contributed by atoms with Gasteiger partial charge in [0.1, 0.15) is 5.69 Å². The van der Waals surface area contributed by atoms with Gasteiger partial charge < -0.3 is 15.0 Å². The first-order chi connectivity index (χ1) is 13.5. The molecule has 1 aromatic carbocycles. The van der Waals surface area contributed by atoms with E-state index in [1.165, 1.54) is 0 Å². The Kier molecular flexibility index (Phi) is 6.29. The van der Waals surface area contributed by atoms with Gasteiger partial charge in [-0.25, -0.2) is 4.79 Å². The average Bonchev–Trinajstić information content (AvgIpc) is 3.06. The second kappa shape index (κ2) is 8.87. The van der Waals surface area contributed by atoms with Gasteiger partial charge in [-0.15, -0.1) is 0 Å². The third kappa shape index (κ3) is 4.16. The number of esters is 1. The molecule has 1 aromatic heterocycles. The van der Waals surface area contributed by atoms with Gasteiger partial charge in [0.05, 0.1) is 12.2 Å². The van der Waals surface area contributed by atoms with Crippen LogP contribution in [0.3, 0.4) is 0 Å². The van der Waals surface area contributed by atoms with Crippen molar-refractivity contribution in [1.82, 2.24) is 10.3 Å². The van der Waals surface area contributed by atoms with Gasteiger partial charge >= 0.3 is 5.97 Å². The van der Waals surface area contributed by atoms with Crippen molar-refractivity contribution in [2.75, 3.05) is 6.61 Å². The number of rotatable bonds is 6. The molecule has 1 saturated carbocycles. The predicted molar refractivity (Wildman–Crippen MR) is 106 cm³/mol. The lowest BCUT2D eigenvalue weighted by atomic mass is 9.95. The number of amides is 1. The molecule has 3 rings (SSSR count). The summed E-state index contributed by atoms with van der Waals surface area (Å²) in [5.74, 6) is -1.81. The lowest BCUT2D eigenvalue weighted by Gasteiger charge is -2.22. The fourth-order valence-electron chi connectivity index (χ4n) is 3.76. The van der Waals surface area contributed by atoms with Crippen molar-refractivity contribution in [3.63, 3.8) is 0 Å². The molecule has 6 heteroatoms. The third-order valence-electron chi connectivity index (χ3n) is 5.10. The Labute approximate surface area is 164 Å². The number of nitrogens with one attached hydrogen (secondary N) is 2. The molecule has 1 aliphatic carbocycles. The summed E-state index contributed by atoms with van der Waals surface area (Å²) < 4.78 is 5.18. The first kappa shape index (κ1) is 19.9. The predicted octanol–water partition coefficient (Wildman–Crippen LogP) is 3.80. The van der Waals surface area contributed by atoms with Crippen LogP contribution in [-0.2, 0) is 9.53 Å². The van der Waals surface area contributed by atoms with E-state index in [1.807, 2.05) is 18.2 Å². The average molecular weight is 382 g/mol. The van der Waals surface area contributed by atoms with Crippen LogP contribution in [0.25, 0.3) is 11.1 Å². The summed E-state index contributed by atoms with van der Waals surface area (Å²) in [6.45, 7) is 3.66. The van der Waals surface area contributed by atoms with Crippen LogP contribution < -0.4 is 5.32 Å². The molecule has 0 bridgehead atoms. The molecule has 0 unspecified atom stereocenters.